The molecule has 2 N–H and O–H groups in total. The zero-order valence-corrected chi connectivity index (χ0v) is 12.1. The molecule has 1 nitrogen and oxygen atoms in total. The zero-order chi connectivity index (χ0) is 13.2. The molecule has 2 rings (SSSR count). The van der Waals surface area contributed by atoms with Crippen molar-refractivity contribution in [3.05, 3.63) is 35.4 Å². The van der Waals surface area contributed by atoms with Gasteiger partial charge in [0.15, 0.2) is 0 Å². The Labute approximate surface area is 112 Å². The maximum atomic E-state index is 6.66. The van der Waals surface area contributed by atoms with Crippen LogP contribution in [-0.2, 0) is 6.42 Å². The van der Waals surface area contributed by atoms with Crippen LogP contribution in [0.1, 0.15) is 50.7 Å². The smallest absolute Gasteiger partial charge is 0.0197 e. The van der Waals surface area contributed by atoms with E-state index in [1.54, 1.807) is 0 Å². The highest BCUT2D eigenvalue weighted by Gasteiger charge is 2.33. The Bertz CT molecular complexity index is 379. The fourth-order valence-electron chi connectivity index (χ4n) is 3.28. The molecule has 0 bridgehead atoms. The highest BCUT2D eigenvalue weighted by Crippen LogP contribution is 2.36. The summed E-state index contributed by atoms with van der Waals surface area (Å²) in [7, 11) is 0. The molecule has 1 fully saturated rings. The Kier molecular flexibility index (Phi) is 4.11. The summed E-state index contributed by atoms with van der Waals surface area (Å²) in [6.07, 6.45) is 6.08. The minimum absolute atomic E-state index is 0.0302. The summed E-state index contributed by atoms with van der Waals surface area (Å²) in [5, 5.41) is 0. The third kappa shape index (κ3) is 3.35. The second-order valence-corrected chi connectivity index (χ2v) is 6.63. The van der Waals surface area contributed by atoms with Crippen LogP contribution in [0.15, 0.2) is 24.3 Å². The van der Waals surface area contributed by atoms with E-state index in [0.29, 0.717) is 0 Å². The van der Waals surface area contributed by atoms with E-state index in [2.05, 4.69) is 45.0 Å². The molecule has 1 aliphatic carbocycles. The first-order chi connectivity index (χ1) is 8.48. The molecule has 0 aliphatic heterocycles. The molecule has 1 aromatic carbocycles. The van der Waals surface area contributed by atoms with Crippen molar-refractivity contribution in [1.29, 1.82) is 0 Å². The number of rotatable bonds is 3. The molecule has 1 aliphatic rings. The SMILES string of the molecule is Cc1ccc(CC2(N)CCCC(C(C)C)C2)cc1. The van der Waals surface area contributed by atoms with E-state index < -0.39 is 0 Å². The molecule has 1 heteroatoms. The Morgan fingerprint density at radius 1 is 1.28 bits per heavy atom. The highest BCUT2D eigenvalue weighted by molar-refractivity contribution is 5.23. The first-order valence-electron chi connectivity index (χ1n) is 7.33. The fraction of sp³-hybridized carbons (Fsp3) is 0.647. The van der Waals surface area contributed by atoms with Crippen LogP contribution in [0.25, 0.3) is 0 Å². The lowest BCUT2D eigenvalue weighted by molar-refractivity contribution is 0.182. The monoisotopic (exact) mass is 245 g/mol. The first kappa shape index (κ1) is 13.6. The molecule has 0 saturated heterocycles. The fourth-order valence-corrected chi connectivity index (χ4v) is 3.28. The molecule has 0 amide bonds. The normalized spacial score (nSPS) is 28.6. The topological polar surface area (TPSA) is 26.0 Å². The van der Waals surface area contributed by atoms with Gasteiger partial charge in [-0.3, -0.25) is 0 Å². The highest BCUT2D eigenvalue weighted by atomic mass is 14.7. The molecule has 18 heavy (non-hydrogen) atoms. The number of aryl methyl sites for hydroxylation is 1. The predicted molar refractivity (Wildman–Crippen MR) is 78.6 cm³/mol. The van der Waals surface area contributed by atoms with Crippen molar-refractivity contribution in [2.45, 2.75) is 58.4 Å². The van der Waals surface area contributed by atoms with Gasteiger partial charge in [0.25, 0.3) is 0 Å². The molecule has 0 heterocycles. The van der Waals surface area contributed by atoms with Gasteiger partial charge in [-0.05, 0) is 43.6 Å². The van der Waals surface area contributed by atoms with Gasteiger partial charge in [-0.1, -0.05) is 56.5 Å². The minimum atomic E-state index is 0.0302. The molecule has 1 saturated carbocycles. The van der Waals surface area contributed by atoms with Crippen LogP contribution >= 0.6 is 0 Å². The molecule has 100 valence electrons. The second kappa shape index (κ2) is 5.44. The molecule has 0 spiro atoms. The van der Waals surface area contributed by atoms with Crippen LogP contribution in [0.3, 0.4) is 0 Å². The van der Waals surface area contributed by atoms with E-state index >= 15 is 0 Å². The van der Waals surface area contributed by atoms with Gasteiger partial charge in [0, 0.05) is 5.54 Å². The summed E-state index contributed by atoms with van der Waals surface area (Å²) >= 11 is 0. The van der Waals surface area contributed by atoms with Crippen molar-refractivity contribution in [2.24, 2.45) is 17.6 Å². The van der Waals surface area contributed by atoms with Crippen molar-refractivity contribution >= 4 is 0 Å². The van der Waals surface area contributed by atoms with Gasteiger partial charge in [0.1, 0.15) is 0 Å². The van der Waals surface area contributed by atoms with Crippen molar-refractivity contribution in [3.63, 3.8) is 0 Å². The van der Waals surface area contributed by atoms with Gasteiger partial charge < -0.3 is 5.73 Å². The van der Waals surface area contributed by atoms with E-state index in [1.165, 1.54) is 36.8 Å². The third-order valence-electron chi connectivity index (χ3n) is 4.54. The molecule has 0 aromatic heterocycles. The van der Waals surface area contributed by atoms with Gasteiger partial charge in [0.05, 0.1) is 0 Å². The van der Waals surface area contributed by atoms with Gasteiger partial charge in [-0.2, -0.15) is 0 Å². The standard InChI is InChI=1S/C17H27N/c1-13(2)16-5-4-10-17(18,12-16)11-15-8-6-14(3)7-9-15/h6-9,13,16H,4-5,10-12,18H2,1-3H3. The van der Waals surface area contributed by atoms with Gasteiger partial charge in [-0.25, -0.2) is 0 Å². The van der Waals surface area contributed by atoms with Crippen LogP contribution in [0.2, 0.25) is 0 Å². The number of hydrogen-bond donors (Lipinski definition) is 1. The second-order valence-electron chi connectivity index (χ2n) is 6.63. The quantitative estimate of drug-likeness (QED) is 0.853. The lowest BCUT2D eigenvalue weighted by Crippen LogP contribution is -2.47. The maximum absolute atomic E-state index is 6.66. The molecule has 2 unspecified atom stereocenters. The summed E-state index contributed by atoms with van der Waals surface area (Å²) in [6, 6.07) is 8.87. The van der Waals surface area contributed by atoms with E-state index in [-0.39, 0.29) is 5.54 Å². The molecule has 2 atom stereocenters. The van der Waals surface area contributed by atoms with Gasteiger partial charge >= 0.3 is 0 Å². The largest absolute Gasteiger partial charge is 0.325 e. The molecular formula is C17H27N. The van der Waals surface area contributed by atoms with E-state index in [9.17, 15) is 0 Å². The summed E-state index contributed by atoms with van der Waals surface area (Å²) < 4.78 is 0. The van der Waals surface area contributed by atoms with E-state index in [1.807, 2.05) is 0 Å². The van der Waals surface area contributed by atoms with Gasteiger partial charge in [-0.15, -0.1) is 0 Å². The Morgan fingerprint density at radius 3 is 2.56 bits per heavy atom. The van der Waals surface area contributed by atoms with Crippen molar-refractivity contribution in [3.8, 4) is 0 Å². The molecule has 1 aromatic rings. The van der Waals surface area contributed by atoms with Crippen molar-refractivity contribution in [2.75, 3.05) is 0 Å². The maximum Gasteiger partial charge on any atom is 0.0197 e. The van der Waals surface area contributed by atoms with Crippen LogP contribution in [0, 0.1) is 18.8 Å². The average molecular weight is 245 g/mol. The van der Waals surface area contributed by atoms with E-state index in [4.69, 9.17) is 5.73 Å². The average Bonchev–Trinajstić information content (AvgIpc) is 2.32. The lowest BCUT2D eigenvalue weighted by atomic mass is 9.70. The molecular weight excluding hydrogens is 218 g/mol. The zero-order valence-electron chi connectivity index (χ0n) is 12.1. The lowest BCUT2D eigenvalue weighted by Gasteiger charge is -2.40. The first-order valence-corrected chi connectivity index (χ1v) is 7.33. The third-order valence-corrected chi connectivity index (χ3v) is 4.54. The summed E-state index contributed by atoms with van der Waals surface area (Å²) in [4.78, 5) is 0. The Balaban J connectivity index is 2.04. The summed E-state index contributed by atoms with van der Waals surface area (Å²) in [5.41, 5.74) is 9.41. The predicted octanol–water partition coefficient (Wildman–Crippen LogP) is 4.08. The van der Waals surface area contributed by atoms with Gasteiger partial charge in [0.2, 0.25) is 0 Å². The number of nitrogens with two attached hydrogens (primary N) is 1. The van der Waals surface area contributed by atoms with Crippen LogP contribution in [-0.4, -0.2) is 5.54 Å². The van der Waals surface area contributed by atoms with Crippen LogP contribution in [0.4, 0.5) is 0 Å². The van der Waals surface area contributed by atoms with Crippen LogP contribution in [0.5, 0.6) is 0 Å². The minimum Gasteiger partial charge on any atom is -0.325 e. The summed E-state index contributed by atoms with van der Waals surface area (Å²) in [5.74, 6) is 1.58. The Hall–Kier alpha value is -0.820. The summed E-state index contributed by atoms with van der Waals surface area (Å²) in [6.45, 7) is 6.81. The number of hydrogen-bond acceptors (Lipinski definition) is 1. The van der Waals surface area contributed by atoms with Crippen molar-refractivity contribution < 1.29 is 0 Å². The van der Waals surface area contributed by atoms with E-state index in [0.717, 1.165) is 18.3 Å². The molecule has 0 radical (unpaired) electrons. The number of benzene rings is 1. The van der Waals surface area contributed by atoms with Crippen molar-refractivity contribution in [1.82, 2.24) is 0 Å². The Morgan fingerprint density at radius 2 is 1.94 bits per heavy atom. The van der Waals surface area contributed by atoms with Crippen LogP contribution < -0.4 is 5.73 Å².